The lowest BCUT2D eigenvalue weighted by Crippen LogP contribution is -2.02. The molecule has 1 N–H and O–H groups in total. The van der Waals surface area contributed by atoms with E-state index in [4.69, 9.17) is 16.3 Å². The Morgan fingerprint density at radius 3 is 2.17 bits per heavy atom. The molecule has 3 aromatic rings. The van der Waals surface area contributed by atoms with Crippen molar-refractivity contribution in [1.29, 1.82) is 0 Å². The molecule has 0 spiro atoms. The predicted molar refractivity (Wildman–Crippen MR) is 101 cm³/mol. The molecule has 0 amide bonds. The maximum absolute atomic E-state index is 5.89. The zero-order valence-corrected chi connectivity index (χ0v) is 14.2. The average Bonchev–Trinajstić information content (AvgIpc) is 2.63. The monoisotopic (exact) mass is 337 g/mol. The summed E-state index contributed by atoms with van der Waals surface area (Å²) < 4.78 is 5.80. The van der Waals surface area contributed by atoms with Crippen molar-refractivity contribution in [3.05, 3.63) is 95.0 Å². The Morgan fingerprint density at radius 1 is 0.750 bits per heavy atom. The molecule has 0 unspecified atom stereocenters. The molecule has 0 saturated heterocycles. The van der Waals surface area contributed by atoms with Crippen LogP contribution in [0.2, 0.25) is 5.02 Å². The zero-order valence-electron chi connectivity index (χ0n) is 13.4. The second-order valence-corrected chi connectivity index (χ2v) is 6.02. The van der Waals surface area contributed by atoms with Gasteiger partial charge in [-0.05, 0) is 47.5 Å². The van der Waals surface area contributed by atoms with E-state index in [0.717, 1.165) is 29.4 Å². The highest BCUT2D eigenvalue weighted by atomic mass is 35.5. The Labute approximate surface area is 148 Å². The van der Waals surface area contributed by atoms with Crippen molar-refractivity contribution in [3.63, 3.8) is 0 Å². The standard InChI is InChI=1S/C21H20ClNO/c22-19-8-6-18(7-9-19)16-23-20-10-12-21(13-11-20)24-15-14-17-4-2-1-3-5-17/h1-13,23H,14-16H2. The molecule has 24 heavy (non-hydrogen) atoms. The Bertz CT molecular complexity index is 739. The van der Waals surface area contributed by atoms with E-state index in [1.54, 1.807) is 0 Å². The first kappa shape index (κ1) is 16.4. The first-order valence-electron chi connectivity index (χ1n) is 8.05. The van der Waals surface area contributed by atoms with Gasteiger partial charge in [-0.3, -0.25) is 0 Å². The third-order valence-corrected chi connectivity index (χ3v) is 4.02. The van der Waals surface area contributed by atoms with Gasteiger partial charge in [0.25, 0.3) is 0 Å². The molecule has 0 heterocycles. The van der Waals surface area contributed by atoms with Gasteiger partial charge in [-0.25, -0.2) is 0 Å². The molecular weight excluding hydrogens is 318 g/mol. The van der Waals surface area contributed by atoms with E-state index in [1.807, 2.05) is 54.6 Å². The van der Waals surface area contributed by atoms with Crippen molar-refractivity contribution in [2.75, 3.05) is 11.9 Å². The topological polar surface area (TPSA) is 21.3 Å². The number of hydrogen-bond acceptors (Lipinski definition) is 2. The fourth-order valence-corrected chi connectivity index (χ4v) is 2.53. The van der Waals surface area contributed by atoms with E-state index in [2.05, 4.69) is 29.6 Å². The maximum atomic E-state index is 5.89. The minimum Gasteiger partial charge on any atom is -0.493 e. The summed E-state index contributed by atoms with van der Waals surface area (Å²) >= 11 is 5.89. The molecule has 0 saturated carbocycles. The van der Waals surface area contributed by atoms with Gasteiger partial charge < -0.3 is 10.1 Å². The van der Waals surface area contributed by atoms with Crippen LogP contribution >= 0.6 is 11.6 Å². The molecule has 0 bridgehead atoms. The smallest absolute Gasteiger partial charge is 0.119 e. The molecule has 3 rings (SSSR count). The summed E-state index contributed by atoms with van der Waals surface area (Å²) in [6, 6.07) is 26.3. The molecule has 0 fully saturated rings. The lowest BCUT2D eigenvalue weighted by Gasteiger charge is -2.09. The fourth-order valence-electron chi connectivity index (χ4n) is 2.41. The van der Waals surface area contributed by atoms with Crippen LogP contribution in [0.4, 0.5) is 5.69 Å². The molecule has 2 nitrogen and oxygen atoms in total. The van der Waals surface area contributed by atoms with Gasteiger partial charge in [0.15, 0.2) is 0 Å². The van der Waals surface area contributed by atoms with Crippen LogP contribution in [0.25, 0.3) is 0 Å². The summed E-state index contributed by atoms with van der Waals surface area (Å²) in [5, 5.41) is 4.15. The van der Waals surface area contributed by atoms with E-state index >= 15 is 0 Å². The third-order valence-electron chi connectivity index (χ3n) is 3.77. The van der Waals surface area contributed by atoms with E-state index in [0.29, 0.717) is 6.61 Å². The summed E-state index contributed by atoms with van der Waals surface area (Å²) in [7, 11) is 0. The first-order valence-corrected chi connectivity index (χ1v) is 8.42. The van der Waals surface area contributed by atoms with Crippen molar-refractivity contribution in [3.8, 4) is 5.75 Å². The fraction of sp³-hybridized carbons (Fsp3) is 0.143. The summed E-state index contributed by atoms with van der Waals surface area (Å²) in [5.41, 5.74) is 3.56. The lowest BCUT2D eigenvalue weighted by atomic mass is 10.2. The minimum absolute atomic E-state index is 0.682. The van der Waals surface area contributed by atoms with Crippen molar-refractivity contribution in [2.45, 2.75) is 13.0 Å². The van der Waals surface area contributed by atoms with Gasteiger partial charge in [-0.1, -0.05) is 54.1 Å². The Morgan fingerprint density at radius 2 is 1.46 bits per heavy atom. The normalized spacial score (nSPS) is 10.4. The lowest BCUT2D eigenvalue weighted by molar-refractivity contribution is 0.322. The highest BCUT2D eigenvalue weighted by Crippen LogP contribution is 2.17. The van der Waals surface area contributed by atoms with Crippen LogP contribution in [0.5, 0.6) is 5.75 Å². The van der Waals surface area contributed by atoms with E-state index in [1.165, 1.54) is 11.1 Å². The second-order valence-electron chi connectivity index (χ2n) is 5.59. The van der Waals surface area contributed by atoms with Gasteiger partial charge in [0, 0.05) is 23.7 Å². The van der Waals surface area contributed by atoms with Crippen LogP contribution in [-0.4, -0.2) is 6.61 Å². The van der Waals surface area contributed by atoms with Gasteiger partial charge in [0.05, 0.1) is 6.61 Å². The van der Waals surface area contributed by atoms with Crippen LogP contribution in [-0.2, 0) is 13.0 Å². The van der Waals surface area contributed by atoms with Crippen LogP contribution in [0.1, 0.15) is 11.1 Å². The number of ether oxygens (including phenoxy) is 1. The number of nitrogens with one attached hydrogen (secondary N) is 1. The van der Waals surface area contributed by atoms with Crippen molar-refractivity contribution in [1.82, 2.24) is 0 Å². The van der Waals surface area contributed by atoms with Crippen LogP contribution < -0.4 is 10.1 Å². The van der Waals surface area contributed by atoms with Crippen LogP contribution in [0, 0.1) is 0 Å². The van der Waals surface area contributed by atoms with Gasteiger partial charge in [0.1, 0.15) is 5.75 Å². The van der Waals surface area contributed by atoms with E-state index < -0.39 is 0 Å². The van der Waals surface area contributed by atoms with Gasteiger partial charge in [0.2, 0.25) is 0 Å². The van der Waals surface area contributed by atoms with E-state index in [9.17, 15) is 0 Å². The Hall–Kier alpha value is -2.45. The van der Waals surface area contributed by atoms with Gasteiger partial charge in [-0.15, -0.1) is 0 Å². The minimum atomic E-state index is 0.682. The summed E-state index contributed by atoms with van der Waals surface area (Å²) in [5.74, 6) is 0.892. The summed E-state index contributed by atoms with van der Waals surface area (Å²) in [4.78, 5) is 0. The van der Waals surface area contributed by atoms with Crippen molar-refractivity contribution < 1.29 is 4.74 Å². The van der Waals surface area contributed by atoms with Crippen molar-refractivity contribution >= 4 is 17.3 Å². The van der Waals surface area contributed by atoms with Gasteiger partial charge >= 0.3 is 0 Å². The van der Waals surface area contributed by atoms with Crippen LogP contribution in [0.15, 0.2) is 78.9 Å². The molecule has 0 aliphatic heterocycles. The second kappa shape index (κ2) is 8.42. The highest BCUT2D eigenvalue weighted by Gasteiger charge is 1.98. The Balaban J connectivity index is 1.45. The first-order chi connectivity index (χ1) is 11.8. The zero-order chi connectivity index (χ0) is 16.6. The van der Waals surface area contributed by atoms with Crippen molar-refractivity contribution in [2.24, 2.45) is 0 Å². The quantitative estimate of drug-likeness (QED) is 0.608. The third kappa shape index (κ3) is 5.04. The molecule has 122 valence electrons. The largest absolute Gasteiger partial charge is 0.493 e. The number of rotatable bonds is 7. The van der Waals surface area contributed by atoms with Gasteiger partial charge in [-0.2, -0.15) is 0 Å². The number of hydrogen-bond donors (Lipinski definition) is 1. The molecular formula is C21H20ClNO. The number of anilines is 1. The predicted octanol–water partition coefficient (Wildman–Crippen LogP) is 5.57. The average molecular weight is 338 g/mol. The number of benzene rings is 3. The molecule has 0 radical (unpaired) electrons. The van der Waals surface area contributed by atoms with E-state index in [-0.39, 0.29) is 0 Å². The summed E-state index contributed by atoms with van der Waals surface area (Å²) in [6.07, 6.45) is 0.914. The maximum Gasteiger partial charge on any atom is 0.119 e. The SMILES string of the molecule is Clc1ccc(CNc2ccc(OCCc3ccccc3)cc2)cc1. The highest BCUT2D eigenvalue weighted by molar-refractivity contribution is 6.30. The Kier molecular flexibility index (Phi) is 5.75. The molecule has 0 aromatic heterocycles. The number of halogens is 1. The molecule has 3 heteroatoms. The summed E-state index contributed by atoms with van der Waals surface area (Å²) in [6.45, 7) is 1.45. The molecule has 0 aliphatic rings. The molecule has 3 aromatic carbocycles. The molecule has 0 aliphatic carbocycles. The molecule has 0 atom stereocenters. The van der Waals surface area contributed by atoms with Crippen LogP contribution in [0.3, 0.4) is 0 Å².